The van der Waals surface area contributed by atoms with Gasteiger partial charge in [-0.15, -0.1) is 0 Å². The molecule has 2 heterocycles. The predicted molar refractivity (Wildman–Crippen MR) is 114 cm³/mol. The molecule has 1 aromatic carbocycles. The van der Waals surface area contributed by atoms with Crippen LogP contribution in [0.4, 0.5) is 4.79 Å². The maximum absolute atomic E-state index is 12.8. The number of cyclic esters (lactones) is 1. The summed E-state index contributed by atoms with van der Waals surface area (Å²) >= 11 is 0. The molecule has 11 nitrogen and oxygen atoms in total. The van der Waals surface area contributed by atoms with Crippen LogP contribution in [0.5, 0.6) is 5.75 Å². The molecule has 33 heavy (non-hydrogen) atoms. The molecule has 0 saturated carbocycles. The highest BCUT2D eigenvalue weighted by atomic mass is 16.6. The van der Waals surface area contributed by atoms with E-state index in [0.717, 1.165) is 11.3 Å². The normalized spacial score (nSPS) is 25.1. The summed E-state index contributed by atoms with van der Waals surface area (Å²) in [7, 11) is 1.58. The number of quaternary nitrogens is 1. The molecule has 176 valence electrons. The number of urea groups is 1. The summed E-state index contributed by atoms with van der Waals surface area (Å²) in [5.41, 5.74) is 7.23. The van der Waals surface area contributed by atoms with Crippen molar-refractivity contribution in [3.63, 3.8) is 0 Å². The first-order valence-corrected chi connectivity index (χ1v) is 10.4. The Labute approximate surface area is 191 Å². The van der Waals surface area contributed by atoms with Gasteiger partial charge in [0.2, 0.25) is 6.29 Å². The maximum atomic E-state index is 12.8. The van der Waals surface area contributed by atoms with E-state index < -0.39 is 47.2 Å². The topological polar surface area (TPSA) is 157 Å². The number of primary amides is 1. The number of methoxy groups -OCH3 is 1. The summed E-state index contributed by atoms with van der Waals surface area (Å²) in [6.07, 6.45) is 2.82. The van der Waals surface area contributed by atoms with Crippen molar-refractivity contribution < 1.29 is 38.2 Å². The number of carbonyl (C=O) groups is 4. The van der Waals surface area contributed by atoms with Gasteiger partial charge in [-0.25, -0.2) is 9.59 Å². The molecule has 11 heteroatoms. The van der Waals surface area contributed by atoms with Crippen LogP contribution >= 0.6 is 0 Å². The van der Waals surface area contributed by atoms with Crippen LogP contribution in [0.1, 0.15) is 18.4 Å². The fourth-order valence-corrected chi connectivity index (χ4v) is 3.80. The van der Waals surface area contributed by atoms with Gasteiger partial charge in [-0.2, -0.15) is 4.48 Å². The minimum atomic E-state index is -1.49. The fraction of sp³-hybridized carbons (Fsp3) is 0.409. The highest BCUT2D eigenvalue weighted by Crippen LogP contribution is 2.21. The molecule has 1 saturated heterocycles. The summed E-state index contributed by atoms with van der Waals surface area (Å²) in [5.74, 6) is -1.37. The number of amides is 4. The van der Waals surface area contributed by atoms with Crippen molar-refractivity contribution in [2.24, 2.45) is 5.73 Å². The van der Waals surface area contributed by atoms with Crippen LogP contribution in [0.25, 0.3) is 0 Å². The zero-order chi connectivity index (χ0) is 24.0. The van der Waals surface area contributed by atoms with Crippen LogP contribution in [0.15, 0.2) is 35.9 Å². The summed E-state index contributed by atoms with van der Waals surface area (Å²) in [4.78, 5) is 49.1. The van der Waals surface area contributed by atoms with Crippen molar-refractivity contribution in [2.75, 3.05) is 26.7 Å². The van der Waals surface area contributed by atoms with Gasteiger partial charge in [-0.1, -0.05) is 24.3 Å². The molecule has 2 radical (unpaired) electrons. The predicted octanol–water partition coefficient (Wildman–Crippen LogP) is -0.632. The molecule has 3 rings (SSSR count). The summed E-state index contributed by atoms with van der Waals surface area (Å²) in [6.45, 7) is 0.109. The highest BCUT2D eigenvalue weighted by Gasteiger charge is 2.47. The zero-order valence-corrected chi connectivity index (χ0v) is 18.2. The average Bonchev–Trinajstić information content (AvgIpc) is 2.99. The molecule has 2 unspecified atom stereocenters. The molecular weight excluding hydrogens is 432 g/mol. The number of benzene rings is 1. The lowest BCUT2D eigenvalue weighted by Crippen LogP contribution is -2.64. The third kappa shape index (κ3) is 5.75. The van der Waals surface area contributed by atoms with E-state index in [4.69, 9.17) is 10.5 Å². The second-order valence-electron chi connectivity index (χ2n) is 7.84. The van der Waals surface area contributed by atoms with Gasteiger partial charge >= 0.3 is 17.9 Å². The second kappa shape index (κ2) is 10.6. The molecule has 4 amide bonds. The number of nitrogens with two attached hydrogens (primary N) is 1. The van der Waals surface area contributed by atoms with Gasteiger partial charge in [0, 0.05) is 18.7 Å². The first-order valence-electron chi connectivity index (χ1n) is 10.4. The van der Waals surface area contributed by atoms with Crippen LogP contribution < -0.4 is 21.1 Å². The molecule has 0 bridgehead atoms. The maximum Gasteiger partial charge on any atom is 0.422 e. The fourth-order valence-electron chi connectivity index (χ4n) is 3.80. The number of rotatable bonds is 8. The Morgan fingerprint density at radius 2 is 2.06 bits per heavy atom. The van der Waals surface area contributed by atoms with Crippen LogP contribution in [0.3, 0.4) is 0 Å². The first kappa shape index (κ1) is 24.4. The van der Waals surface area contributed by atoms with Crippen molar-refractivity contribution in [3.8, 4) is 5.75 Å². The number of imide groups is 1. The van der Waals surface area contributed by atoms with Crippen LogP contribution in [-0.2, 0) is 25.7 Å². The summed E-state index contributed by atoms with van der Waals surface area (Å²) < 4.78 is 8.94. The van der Waals surface area contributed by atoms with E-state index in [1.54, 1.807) is 13.2 Å². The molecule has 2 aliphatic rings. The summed E-state index contributed by atoms with van der Waals surface area (Å²) in [5, 5.41) is 15.4. The average molecular weight is 459 g/mol. The van der Waals surface area contributed by atoms with E-state index >= 15 is 0 Å². The first-order chi connectivity index (χ1) is 15.7. The number of nitrogens with zero attached hydrogens (tertiary/aromatic N) is 1. The van der Waals surface area contributed by atoms with Crippen molar-refractivity contribution in [3.05, 3.63) is 47.9 Å². The SMILES string of the molecule is COc1ccccc1CNCC1=CC[C]C(=O)[N@@+](CC(=O)NC2CC(=O)OC2O)(C(N)=O)C1. The Hall–Kier alpha value is -3.28. The molecule has 5 N–H and O–H groups in total. The molecule has 2 aliphatic heterocycles. The Morgan fingerprint density at radius 3 is 2.73 bits per heavy atom. The number of nitrogens with one attached hydrogen (secondary N) is 2. The Bertz CT molecular complexity index is 964. The standard InChI is InChI=1S/C22H26N4O7/c1-32-17-7-3-2-6-15(17)11-24-10-14-5-4-8-19(28)26(12-14,22(23)31)13-18(27)25-16-9-20(29)33-21(16)30/h2-3,5-7,16,21,24,30H,4,9-13H2,1H3,(H2-,23,25,27,31)/p+1/t16?,21?,26-/m1/s1. The highest BCUT2D eigenvalue weighted by molar-refractivity contribution is 5.92. The van der Waals surface area contributed by atoms with E-state index in [-0.39, 0.29) is 19.4 Å². The number of para-hydroxylation sites is 1. The van der Waals surface area contributed by atoms with E-state index in [1.807, 2.05) is 24.3 Å². The Balaban J connectivity index is 1.68. The van der Waals surface area contributed by atoms with Crippen LogP contribution in [0.2, 0.25) is 0 Å². The smallest absolute Gasteiger partial charge is 0.422 e. The van der Waals surface area contributed by atoms with Crippen LogP contribution in [-0.4, -0.2) is 72.5 Å². The molecule has 3 atom stereocenters. The lowest BCUT2D eigenvalue weighted by Gasteiger charge is -2.30. The lowest BCUT2D eigenvalue weighted by atomic mass is 10.1. The molecule has 0 aromatic heterocycles. The second-order valence-corrected chi connectivity index (χ2v) is 7.84. The van der Waals surface area contributed by atoms with Gasteiger partial charge in [0.15, 0.2) is 6.54 Å². The summed E-state index contributed by atoms with van der Waals surface area (Å²) in [6, 6.07) is 5.55. The van der Waals surface area contributed by atoms with Crippen molar-refractivity contribution in [2.45, 2.75) is 31.7 Å². The van der Waals surface area contributed by atoms with Gasteiger partial charge in [0.1, 0.15) is 24.8 Å². The third-order valence-electron chi connectivity index (χ3n) is 5.53. The number of allylic oxidation sites excluding steroid dienone is 1. The number of carbonyl (C=O) groups excluding carboxylic acids is 4. The van der Waals surface area contributed by atoms with E-state index in [2.05, 4.69) is 21.8 Å². The quantitative estimate of drug-likeness (QED) is 0.227. The Kier molecular flexibility index (Phi) is 7.79. The van der Waals surface area contributed by atoms with Gasteiger partial charge in [0.05, 0.1) is 13.5 Å². The lowest BCUT2D eigenvalue weighted by molar-refractivity contribution is -0.756. The number of aliphatic hydroxyl groups excluding tert-OH is 1. The van der Waals surface area contributed by atoms with Gasteiger partial charge < -0.3 is 30.9 Å². The monoisotopic (exact) mass is 459 g/mol. The number of esters is 1. The van der Waals surface area contributed by atoms with Crippen molar-refractivity contribution >= 4 is 23.8 Å². The molecular formula is C22H27N4O7+. The largest absolute Gasteiger partial charge is 0.496 e. The third-order valence-corrected chi connectivity index (χ3v) is 5.53. The number of hydrogen-bond donors (Lipinski definition) is 4. The minimum absolute atomic E-state index is 0.115. The van der Waals surface area contributed by atoms with Gasteiger partial charge in [-0.3, -0.25) is 9.59 Å². The number of aliphatic hydroxyl groups is 1. The van der Waals surface area contributed by atoms with Crippen molar-refractivity contribution in [1.82, 2.24) is 10.6 Å². The molecule has 0 spiro atoms. The molecule has 1 aromatic rings. The number of hydrogen-bond acceptors (Lipinski definition) is 8. The van der Waals surface area contributed by atoms with E-state index in [9.17, 15) is 24.3 Å². The van der Waals surface area contributed by atoms with Crippen LogP contribution in [0, 0.1) is 6.42 Å². The van der Waals surface area contributed by atoms with E-state index in [0.29, 0.717) is 18.7 Å². The van der Waals surface area contributed by atoms with E-state index in [1.165, 1.54) is 0 Å². The van der Waals surface area contributed by atoms with Gasteiger partial charge in [0.25, 0.3) is 5.91 Å². The van der Waals surface area contributed by atoms with Gasteiger partial charge in [-0.05, 0) is 18.1 Å². The molecule has 0 aliphatic carbocycles. The van der Waals surface area contributed by atoms with Crippen molar-refractivity contribution in [1.29, 1.82) is 0 Å². The Morgan fingerprint density at radius 1 is 1.30 bits per heavy atom. The number of ether oxygens (including phenoxy) is 2. The molecule has 1 fully saturated rings. The minimum Gasteiger partial charge on any atom is -0.496 e. The zero-order valence-electron chi connectivity index (χ0n) is 18.2.